The Bertz CT molecular complexity index is 427. The average Bonchev–Trinajstić information content (AvgIpc) is 2.56. The molecule has 1 N–H and O–H groups in total. The lowest BCUT2D eigenvalue weighted by molar-refractivity contribution is 0.265. The van der Waals surface area contributed by atoms with Gasteiger partial charge in [-0.1, -0.05) is 26.2 Å². The smallest absolute Gasteiger partial charge is 0.123 e. The molecule has 0 heterocycles. The zero-order chi connectivity index (χ0) is 15.1. The van der Waals surface area contributed by atoms with Crippen LogP contribution in [0.15, 0.2) is 18.2 Å². The maximum absolute atomic E-state index is 5.60. The minimum absolute atomic E-state index is 0.371. The van der Waals surface area contributed by atoms with Crippen molar-refractivity contribution in [2.45, 2.75) is 51.5 Å². The van der Waals surface area contributed by atoms with Crippen molar-refractivity contribution >= 4 is 0 Å². The van der Waals surface area contributed by atoms with Crippen molar-refractivity contribution in [1.82, 2.24) is 5.32 Å². The average molecular weight is 291 g/mol. The van der Waals surface area contributed by atoms with E-state index in [0.717, 1.165) is 24.5 Å². The van der Waals surface area contributed by atoms with E-state index in [1.165, 1.54) is 37.7 Å². The highest BCUT2D eigenvalue weighted by atomic mass is 16.5. The van der Waals surface area contributed by atoms with Crippen LogP contribution in [-0.4, -0.2) is 20.8 Å². The number of rotatable bonds is 7. The second-order valence-electron chi connectivity index (χ2n) is 5.94. The number of benzene rings is 1. The van der Waals surface area contributed by atoms with Gasteiger partial charge in [0.2, 0.25) is 0 Å². The minimum Gasteiger partial charge on any atom is -0.497 e. The Morgan fingerprint density at radius 2 is 1.90 bits per heavy atom. The van der Waals surface area contributed by atoms with Crippen molar-refractivity contribution in [2.24, 2.45) is 5.92 Å². The molecule has 3 heteroatoms. The van der Waals surface area contributed by atoms with E-state index in [2.05, 4.69) is 18.3 Å². The van der Waals surface area contributed by atoms with Crippen LogP contribution in [0.2, 0.25) is 0 Å². The molecule has 1 aromatic carbocycles. The van der Waals surface area contributed by atoms with Crippen molar-refractivity contribution in [3.63, 3.8) is 0 Å². The van der Waals surface area contributed by atoms with E-state index in [9.17, 15) is 0 Å². The first kappa shape index (κ1) is 16.2. The summed E-state index contributed by atoms with van der Waals surface area (Å²) in [6.07, 6.45) is 7.84. The number of nitrogens with one attached hydrogen (secondary N) is 1. The monoisotopic (exact) mass is 291 g/mol. The Morgan fingerprint density at radius 1 is 1.14 bits per heavy atom. The van der Waals surface area contributed by atoms with Gasteiger partial charge in [-0.05, 0) is 49.9 Å². The summed E-state index contributed by atoms with van der Waals surface area (Å²) in [5, 5.41) is 3.75. The number of hydrogen-bond donors (Lipinski definition) is 1. The predicted octanol–water partition coefficient (Wildman–Crippen LogP) is 4.32. The van der Waals surface area contributed by atoms with Gasteiger partial charge in [0.15, 0.2) is 0 Å². The quantitative estimate of drug-likeness (QED) is 0.811. The summed E-state index contributed by atoms with van der Waals surface area (Å²) >= 11 is 0. The van der Waals surface area contributed by atoms with E-state index in [0.29, 0.717) is 12.0 Å². The number of hydrogen-bond acceptors (Lipinski definition) is 3. The zero-order valence-electron chi connectivity index (χ0n) is 13.7. The highest BCUT2D eigenvalue weighted by Gasteiger charge is 2.27. The largest absolute Gasteiger partial charge is 0.497 e. The van der Waals surface area contributed by atoms with Crippen LogP contribution in [0.4, 0.5) is 0 Å². The van der Waals surface area contributed by atoms with Gasteiger partial charge in [0.05, 0.1) is 14.2 Å². The summed E-state index contributed by atoms with van der Waals surface area (Å²) in [7, 11) is 3.48. The van der Waals surface area contributed by atoms with E-state index in [1.807, 2.05) is 12.1 Å². The molecule has 0 amide bonds. The standard InChI is InChI=1S/C18H29NO2/c1-4-12-19-18(14-8-6-5-7-9-14)16-13-15(20-2)10-11-17(16)21-3/h10-11,13-14,18-19H,4-9,12H2,1-3H3. The van der Waals surface area contributed by atoms with Crippen LogP contribution in [0.25, 0.3) is 0 Å². The van der Waals surface area contributed by atoms with Gasteiger partial charge in [0, 0.05) is 11.6 Å². The molecule has 0 spiro atoms. The molecule has 3 nitrogen and oxygen atoms in total. The lowest BCUT2D eigenvalue weighted by Gasteiger charge is -2.32. The molecule has 0 radical (unpaired) electrons. The fourth-order valence-electron chi connectivity index (χ4n) is 3.38. The molecule has 1 fully saturated rings. The van der Waals surface area contributed by atoms with Crippen LogP contribution in [-0.2, 0) is 0 Å². The van der Waals surface area contributed by atoms with E-state index < -0.39 is 0 Å². The van der Waals surface area contributed by atoms with Crippen LogP contribution >= 0.6 is 0 Å². The topological polar surface area (TPSA) is 30.5 Å². The SMILES string of the molecule is CCCNC(c1cc(OC)ccc1OC)C1CCCCC1. The molecule has 0 bridgehead atoms. The summed E-state index contributed by atoms with van der Waals surface area (Å²) in [6, 6.07) is 6.51. The van der Waals surface area contributed by atoms with Gasteiger partial charge >= 0.3 is 0 Å². The summed E-state index contributed by atoms with van der Waals surface area (Å²) in [4.78, 5) is 0. The molecule has 1 saturated carbocycles. The van der Waals surface area contributed by atoms with Gasteiger partial charge in [-0.15, -0.1) is 0 Å². The third kappa shape index (κ3) is 4.13. The first-order valence-electron chi connectivity index (χ1n) is 8.25. The summed E-state index contributed by atoms with van der Waals surface area (Å²) < 4.78 is 11.0. The normalized spacial score (nSPS) is 17.5. The highest BCUT2D eigenvalue weighted by molar-refractivity contribution is 5.42. The Morgan fingerprint density at radius 3 is 2.52 bits per heavy atom. The Kier molecular flexibility index (Phi) is 6.37. The van der Waals surface area contributed by atoms with Gasteiger partial charge in [-0.2, -0.15) is 0 Å². The van der Waals surface area contributed by atoms with Crippen molar-refractivity contribution in [1.29, 1.82) is 0 Å². The molecule has 1 aromatic rings. The van der Waals surface area contributed by atoms with Gasteiger partial charge in [0.1, 0.15) is 11.5 Å². The van der Waals surface area contributed by atoms with E-state index in [-0.39, 0.29) is 0 Å². The van der Waals surface area contributed by atoms with Gasteiger partial charge in [-0.25, -0.2) is 0 Å². The molecule has 118 valence electrons. The molecule has 2 rings (SSSR count). The van der Waals surface area contributed by atoms with Gasteiger partial charge in [-0.3, -0.25) is 0 Å². The second kappa shape index (κ2) is 8.28. The lowest BCUT2D eigenvalue weighted by Crippen LogP contribution is -2.30. The van der Waals surface area contributed by atoms with Crippen LogP contribution in [0.5, 0.6) is 11.5 Å². The molecule has 1 aliphatic carbocycles. The fourth-order valence-corrected chi connectivity index (χ4v) is 3.38. The van der Waals surface area contributed by atoms with Crippen LogP contribution in [0.3, 0.4) is 0 Å². The zero-order valence-corrected chi connectivity index (χ0v) is 13.7. The van der Waals surface area contributed by atoms with E-state index in [1.54, 1.807) is 14.2 Å². The maximum atomic E-state index is 5.60. The van der Waals surface area contributed by atoms with Gasteiger partial charge in [0.25, 0.3) is 0 Å². The summed E-state index contributed by atoms with van der Waals surface area (Å²) in [5.74, 6) is 2.58. The van der Waals surface area contributed by atoms with Crippen molar-refractivity contribution in [3.8, 4) is 11.5 Å². The number of methoxy groups -OCH3 is 2. The summed E-state index contributed by atoms with van der Waals surface area (Å²) in [5.41, 5.74) is 1.25. The van der Waals surface area contributed by atoms with Crippen molar-refractivity contribution < 1.29 is 9.47 Å². The van der Waals surface area contributed by atoms with Crippen LogP contribution in [0.1, 0.15) is 57.1 Å². The van der Waals surface area contributed by atoms with Crippen LogP contribution < -0.4 is 14.8 Å². The molecular formula is C18H29NO2. The Hall–Kier alpha value is -1.22. The Balaban J connectivity index is 2.29. The first-order chi connectivity index (χ1) is 10.3. The molecule has 21 heavy (non-hydrogen) atoms. The molecule has 1 atom stereocenters. The molecule has 1 aliphatic rings. The molecule has 0 aromatic heterocycles. The maximum Gasteiger partial charge on any atom is 0.123 e. The van der Waals surface area contributed by atoms with Crippen molar-refractivity contribution in [2.75, 3.05) is 20.8 Å². The first-order valence-corrected chi connectivity index (χ1v) is 8.25. The highest BCUT2D eigenvalue weighted by Crippen LogP contribution is 2.39. The van der Waals surface area contributed by atoms with E-state index >= 15 is 0 Å². The summed E-state index contributed by atoms with van der Waals surface area (Å²) in [6.45, 7) is 3.26. The lowest BCUT2D eigenvalue weighted by atomic mass is 9.80. The minimum atomic E-state index is 0.371. The molecule has 0 aliphatic heterocycles. The molecular weight excluding hydrogens is 262 g/mol. The fraction of sp³-hybridized carbons (Fsp3) is 0.667. The number of ether oxygens (including phenoxy) is 2. The Labute approximate surface area is 129 Å². The third-order valence-corrected chi connectivity index (χ3v) is 4.51. The van der Waals surface area contributed by atoms with Crippen LogP contribution in [0, 0.1) is 5.92 Å². The third-order valence-electron chi connectivity index (χ3n) is 4.51. The predicted molar refractivity (Wildman–Crippen MR) is 87.2 cm³/mol. The second-order valence-corrected chi connectivity index (χ2v) is 5.94. The van der Waals surface area contributed by atoms with Crippen molar-refractivity contribution in [3.05, 3.63) is 23.8 Å². The van der Waals surface area contributed by atoms with Gasteiger partial charge < -0.3 is 14.8 Å². The van der Waals surface area contributed by atoms with E-state index in [4.69, 9.17) is 9.47 Å². The molecule has 0 saturated heterocycles. The molecule has 1 unspecified atom stereocenters.